The van der Waals surface area contributed by atoms with Gasteiger partial charge in [0.25, 0.3) is 0 Å². The van der Waals surface area contributed by atoms with Crippen LogP contribution in [0.1, 0.15) is 20.8 Å². The average molecular weight is 335 g/mol. The van der Waals surface area contributed by atoms with E-state index in [1.54, 1.807) is 13.1 Å². The standard InChI is InChI=1S/C16H19ClN4O2/c1-16(2,3)23-15(22)21(4)12-7-5-6-11(8-12)20-14-9-13(17)18-10-19-14/h5-10H,1-4H3,(H,18,19,20). The minimum absolute atomic E-state index is 0.351. The highest BCUT2D eigenvalue weighted by molar-refractivity contribution is 6.29. The molecule has 0 aliphatic carbocycles. The van der Waals surface area contributed by atoms with Gasteiger partial charge in [0.1, 0.15) is 22.9 Å². The van der Waals surface area contributed by atoms with Crippen molar-refractivity contribution in [3.8, 4) is 0 Å². The summed E-state index contributed by atoms with van der Waals surface area (Å²) in [6.07, 6.45) is 0.959. The van der Waals surface area contributed by atoms with Gasteiger partial charge in [-0.15, -0.1) is 0 Å². The predicted octanol–water partition coefficient (Wildman–Crippen LogP) is 4.24. The first kappa shape index (κ1) is 17.0. The van der Waals surface area contributed by atoms with E-state index in [1.807, 2.05) is 45.0 Å². The molecule has 1 amide bonds. The highest BCUT2D eigenvalue weighted by Crippen LogP contribution is 2.23. The van der Waals surface area contributed by atoms with Gasteiger partial charge in [-0.05, 0) is 39.0 Å². The molecule has 0 bridgehead atoms. The van der Waals surface area contributed by atoms with Crippen molar-refractivity contribution in [1.29, 1.82) is 0 Å². The molecule has 0 saturated carbocycles. The summed E-state index contributed by atoms with van der Waals surface area (Å²) in [5, 5.41) is 3.46. The second-order valence-electron chi connectivity index (χ2n) is 5.94. The molecule has 122 valence electrons. The lowest BCUT2D eigenvalue weighted by Gasteiger charge is -2.25. The number of anilines is 3. The highest BCUT2D eigenvalue weighted by atomic mass is 35.5. The van der Waals surface area contributed by atoms with Gasteiger partial charge in [-0.1, -0.05) is 17.7 Å². The van der Waals surface area contributed by atoms with E-state index in [9.17, 15) is 4.79 Å². The van der Waals surface area contributed by atoms with E-state index in [1.165, 1.54) is 11.2 Å². The summed E-state index contributed by atoms with van der Waals surface area (Å²) in [6, 6.07) is 8.96. The normalized spacial score (nSPS) is 11.0. The topological polar surface area (TPSA) is 67.3 Å². The van der Waals surface area contributed by atoms with E-state index in [-0.39, 0.29) is 0 Å². The predicted molar refractivity (Wildman–Crippen MR) is 91.4 cm³/mol. The molecule has 2 aromatic rings. The van der Waals surface area contributed by atoms with E-state index < -0.39 is 11.7 Å². The smallest absolute Gasteiger partial charge is 0.414 e. The van der Waals surface area contributed by atoms with E-state index in [4.69, 9.17) is 16.3 Å². The van der Waals surface area contributed by atoms with Crippen molar-refractivity contribution in [3.05, 3.63) is 41.8 Å². The number of nitrogens with one attached hydrogen (secondary N) is 1. The first-order valence-corrected chi connectivity index (χ1v) is 7.44. The number of nitrogens with zero attached hydrogens (tertiary/aromatic N) is 3. The Balaban J connectivity index is 2.14. The van der Waals surface area contributed by atoms with Gasteiger partial charge >= 0.3 is 6.09 Å². The third-order valence-corrected chi connectivity index (χ3v) is 3.01. The van der Waals surface area contributed by atoms with Crippen LogP contribution in [0.4, 0.5) is 22.0 Å². The summed E-state index contributed by atoms with van der Waals surface area (Å²) in [7, 11) is 1.66. The van der Waals surface area contributed by atoms with Crippen LogP contribution < -0.4 is 10.2 Å². The summed E-state index contributed by atoms with van der Waals surface area (Å²) in [5.41, 5.74) is 0.927. The number of aromatic nitrogens is 2. The second kappa shape index (κ2) is 6.83. The van der Waals surface area contributed by atoms with Crippen LogP contribution in [0.5, 0.6) is 0 Å². The number of hydrogen-bond donors (Lipinski definition) is 1. The van der Waals surface area contributed by atoms with Gasteiger partial charge < -0.3 is 10.1 Å². The number of amides is 1. The Labute approximate surface area is 140 Å². The molecule has 1 heterocycles. The maximum absolute atomic E-state index is 12.1. The van der Waals surface area contributed by atoms with Gasteiger partial charge in [0.05, 0.1) is 0 Å². The van der Waals surface area contributed by atoms with Crippen molar-refractivity contribution < 1.29 is 9.53 Å². The van der Waals surface area contributed by atoms with Crippen LogP contribution in [0.3, 0.4) is 0 Å². The summed E-state index contributed by atoms with van der Waals surface area (Å²) >= 11 is 5.84. The molecule has 0 aliphatic heterocycles. The zero-order valence-corrected chi connectivity index (χ0v) is 14.3. The fraction of sp³-hybridized carbons (Fsp3) is 0.312. The molecule has 1 aromatic heterocycles. The van der Waals surface area contributed by atoms with Crippen LogP contribution in [0.25, 0.3) is 0 Å². The lowest BCUT2D eigenvalue weighted by molar-refractivity contribution is 0.0589. The number of carbonyl (C=O) groups excluding carboxylic acids is 1. The summed E-state index contributed by atoms with van der Waals surface area (Å²) in [4.78, 5) is 21.5. The first-order valence-electron chi connectivity index (χ1n) is 7.06. The number of hydrogen-bond acceptors (Lipinski definition) is 5. The Morgan fingerprint density at radius 1 is 1.26 bits per heavy atom. The third-order valence-electron chi connectivity index (χ3n) is 2.81. The Morgan fingerprint density at radius 3 is 2.65 bits per heavy atom. The molecule has 2 rings (SSSR count). The molecule has 0 fully saturated rings. The van der Waals surface area contributed by atoms with Crippen molar-refractivity contribution in [2.45, 2.75) is 26.4 Å². The molecule has 0 saturated heterocycles. The maximum atomic E-state index is 12.1. The zero-order valence-electron chi connectivity index (χ0n) is 13.5. The molecule has 23 heavy (non-hydrogen) atoms. The Morgan fingerprint density at radius 2 is 2.00 bits per heavy atom. The van der Waals surface area contributed by atoms with Gasteiger partial charge in [-0.25, -0.2) is 14.8 Å². The van der Waals surface area contributed by atoms with Crippen molar-refractivity contribution in [3.63, 3.8) is 0 Å². The quantitative estimate of drug-likeness (QED) is 0.850. The minimum Gasteiger partial charge on any atom is -0.443 e. The third kappa shape index (κ3) is 5.10. The molecule has 0 aliphatic rings. The minimum atomic E-state index is -0.543. The van der Waals surface area contributed by atoms with Crippen LogP contribution in [0.2, 0.25) is 5.15 Å². The molecule has 7 heteroatoms. The molecule has 0 unspecified atom stereocenters. The van der Waals surface area contributed by atoms with Gasteiger partial charge in [0, 0.05) is 24.5 Å². The number of ether oxygens (including phenoxy) is 1. The Kier molecular flexibility index (Phi) is 5.05. The molecule has 0 spiro atoms. The molecular weight excluding hydrogens is 316 g/mol. The lowest BCUT2D eigenvalue weighted by atomic mass is 10.2. The zero-order chi connectivity index (χ0) is 17.0. The fourth-order valence-electron chi connectivity index (χ4n) is 1.78. The van der Waals surface area contributed by atoms with Gasteiger partial charge in [0.2, 0.25) is 0 Å². The Bertz CT molecular complexity index is 700. The van der Waals surface area contributed by atoms with Crippen molar-refractivity contribution in [1.82, 2.24) is 9.97 Å². The van der Waals surface area contributed by atoms with Crippen molar-refractivity contribution in [2.75, 3.05) is 17.3 Å². The Hall–Kier alpha value is -2.34. The van der Waals surface area contributed by atoms with E-state index in [0.717, 1.165) is 5.69 Å². The number of benzene rings is 1. The van der Waals surface area contributed by atoms with Crippen LogP contribution >= 0.6 is 11.6 Å². The van der Waals surface area contributed by atoms with Crippen LogP contribution in [-0.4, -0.2) is 28.7 Å². The fourth-order valence-corrected chi connectivity index (χ4v) is 1.92. The molecule has 1 aromatic carbocycles. The summed E-state index contributed by atoms with van der Waals surface area (Å²) < 4.78 is 5.36. The van der Waals surface area contributed by atoms with Crippen LogP contribution in [-0.2, 0) is 4.74 Å². The number of carbonyl (C=O) groups is 1. The second-order valence-corrected chi connectivity index (χ2v) is 6.33. The van der Waals surface area contributed by atoms with Crippen molar-refractivity contribution in [2.24, 2.45) is 0 Å². The number of halogens is 1. The highest BCUT2D eigenvalue weighted by Gasteiger charge is 2.20. The first-order chi connectivity index (χ1) is 10.7. The maximum Gasteiger partial charge on any atom is 0.414 e. The van der Waals surface area contributed by atoms with E-state index in [0.29, 0.717) is 16.7 Å². The van der Waals surface area contributed by atoms with Crippen LogP contribution in [0.15, 0.2) is 36.7 Å². The van der Waals surface area contributed by atoms with E-state index >= 15 is 0 Å². The summed E-state index contributed by atoms with van der Waals surface area (Å²) in [6.45, 7) is 5.49. The molecule has 6 nitrogen and oxygen atoms in total. The van der Waals surface area contributed by atoms with Gasteiger partial charge in [-0.2, -0.15) is 0 Å². The number of rotatable bonds is 3. The van der Waals surface area contributed by atoms with Crippen molar-refractivity contribution >= 4 is 34.9 Å². The molecule has 0 atom stereocenters. The SMILES string of the molecule is CN(C(=O)OC(C)(C)C)c1cccc(Nc2cc(Cl)ncn2)c1. The summed E-state index contributed by atoms with van der Waals surface area (Å²) in [5.74, 6) is 0.571. The molecule has 1 N–H and O–H groups in total. The van der Waals surface area contributed by atoms with Gasteiger partial charge in [-0.3, -0.25) is 4.90 Å². The van der Waals surface area contributed by atoms with Crippen LogP contribution in [0, 0.1) is 0 Å². The molecule has 0 radical (unpaired) electrons. The van der Waals surface area contributed by atoms with E-state index in [2.05, 4.69) is 15.3 Å². The average Bonchev–Trinajstić information content (AvgIpc) is 2.45. The van der Waals surface area contributed by atoms with Gasteiger partial charge in [0.15, 0.2) is 0 Å². The monoisotopic (exact) mass is 334 g/mol. The largest absolute Gasteiger partial charge is 0.443 e. The lowest BCUT2D eigenvalue weighted by Crippen LogP contribution is -2.34. The molecular formula is C16H19ClN4O2.